The van der Waals surface area contributed by atoms with Gasteiger partial charge in [-0.05, 0) is 24.8 Å². The number of hydrogen-bond donors (Lipinski definition) is 0. The Labute approximate surface area is 79.7 Å². The SMILES string of the molecule is O=C1CCCC=C1CCOC(F)(F)F. The van der Waals surface area contributed by atoms with E-state index in [1.807, 2.05) is 0 Å². The number of hydrogen-bond acceptors (Lipinski definition) is 2. The van der Waals surface area contributed by atoms with E-state index in [2.05, 4.69) is 4.74 Å². The Hall–Kier alpha value is -0.840. The van der Waals surface area contributed by atoms with E-state index >= 15 is 0 Å². The standard InChI is InChI=1S/C9H11F3O2/c10-9(11,12)14-6-5-7-3-1-2-4-8(7)13/h3H,1-2,4-6H2. The van der Waals surface area contributed by atoms with Crippen molar-refractivity contribution in [2.24, 2.45) is 0 Å². The summed E-state index contributed by atoms with van der Waals surface area (Å²) < 4.78 is 38.3. The van der Waals surface area contributed by atoms with E-state index in [9.17, 15) is 18.0 Å². The van der Waals surface area contributed by atoms with E-state index in [4.69, 9.17) is 0 Å². The lowest BCUT2D eigenvalue weighted by molar-refractivity contribution is -0.324. The maximum absolute atomic E-state index is 11.6. The van der Waals surface area contributed by atoms with Crippen molar-refractivity contribution in [3.63, 3.8) is 0 Å². The molecule has 80 valence electrons. The molecule has 0 amide bonds. The number of ether oxygens (including phenoxy) is 1. The van der Waals surface area contributed by atoms with Crippen molar-refractivity contribution < 1.29 is 22.7 Å². The quantitative estimate of drug-likeness (QED) is 0.712. The molecule has 14 heavy (non-hydrogen) atoms. The lowest BCUT2D eigenvalue weighted by atomic mass is 9.96. The smallest absolute Gasteiger partial charge is 0.295 e. The summed E-state index contributed by atoms with van der Waals surface area (Å²) in [5, 5.41) is 0. The van der Waals surface area contributed by atoms with Crippen molar-refractivity contribution in [3.8, 4) is 0 Å². The normalized spacial score (nSPS) is 18.2. The van der Waals surface area contributed by atoms with Crippen molar-refractivity contribution in [1.29, 1.82) is 0 Å². The number of alkyl halides is 3. The van der Waals surface area contributed by atoms with Crippen LogP contribution in [0.2, 0.25) is 0 Å². The third-order valence-electron chi connectivity index (χ3n) is 1.99. The highest BCUT2D eigenvalue weighted by Crippen LogP contribution is 2.20. The summed E-state index contributed by atoms with van der Waals surface area (Å²) in [4.78, 5) is 11.1. The maximum atomic E-state index is 11.6. The van der Waals surface area contributed by atoms with Gasteiger partial charge in [-0.2, -0.15) is 0 Å². The zero-order valence-electron chi connectivity index (χ0n) is 7.56. The molecule has 5 heteroatoms. The van der Waals surface area contributed by atoms with Crippen LogP contribution in [0.15, 0.2) is 11.6 Å². The zero-order chi connectivity index (χ0) is 10.6. The van der Waals surface area contributed by atoms with Gasteiger partial charge in [0, 0.05) is 6.42 Å². The topological polar surface area (TPSA) is 26.3 Å². The number of halogens is 3. The van der Waals surface area contributed by atoms with Crippen molar-refractivity contribution >= 4 is 5.78 Å². The second kappa shape index (κ2) is 4.59. The molecule has 0 aromatic carbocycles. The Morgan fingerprint density at radius 1 is 1.43 bits per heavy atom. The molecule has 0 aliphatic heterocycles. The van der Waals surface area contributed by atoms with E-state index in [1.54, 1.807) is 6.08 Å². The molecule has 0 unspecified atom stereocenters. The van der Waals surface area contributed by atoms with Crippen molar-refractivity contribution in [3.05, 3.63) is 11.6 Å². The number of Topliss-reactive ketones (excluding diaryl/α,β-unsaturated/α-hetero) is 1. The molecule has 0 fully saturated rings. The summed E-state index contributed by atoms with van der Waals surface area (Å²) >= 11 is 0. The average Bonchev–Trinajstić information content (AvgIpc) is 2.06. The fraction of sp³-hybridized carbons (Fsp3) is 0.667. The summed E-state index contributed by atoms with van der Waals surface area (Å²) in [5.74, 6) is -0.0537. The fourth-order valence-corrected chi connectivity index (χ4v) is 1.33. The molecule has 0 spiro atoms. The van der Waals surface area contributed by atoms with E-state index < -0.39 is 13.0 Å². The Morgan fingerprint density at radius 2 is 2.14 bits per heavy atom. The number of ketones is 1. The molecule has 0 heterocycles. The van der Waals surface area contributed by atoms with Crippen LogP contribution in [0.4, 0.5) is 13.2 Å². The average molecular weight is 208 g/mol. The van der Waals surface area contributed by atoms with Gasteiger partial charge in [-0.1, -0.05) is 6.08 Å². The molecule has 0 bridgehead atoms. The number of carbonyl (C=O) groups excluding carboxylic acids is 1. The van der Waals surface area contributed by atoms with Crippen molar-refractivity contribution in [2.45, 2.75) is 32.0 Å². The van der Waals surface area contributed by atoms with Gasteiger partial charge in [0.05, 0.1) is 6.61 Å². The Kier molecular flexibility index (Phi) is 3.69. The van der Waals surface area contributed by atoms with Crippen LogP contribution >= 0.6 is 0 Å². The Balaban J connectivity index is 2.31. The molecular formula is C9H11F3O2. The first-order valence-corrected chi connectivity index (χ1v) is 4.42. The molecule has 0 radical (unpaired) electrons. The van der Waals surface area contributed by atoms with Crippen molar-refractivity contribution in [1.82, 2.24) is 0 Å². The van der Waals surface area contributed by atoms with Crippen LogP contribution < -0.4 is 0 Å². The van der Waals surface area contributed by atoms with Gasteiger partial charge in [0.25, 0.3) is 0 Å². The molecule has 0 atom stereocenters. The minimum absolute atomic E-state index is 0.0537. The Bertz CT molecular complexity index is 243. The molecule has 2 nitrogen and oxygen atoms in total. The van der Waals surface area contributed by atoms with Crippen LogP contribution in [-0.2, 0) is 9.53 Å². The number of allylic oxidation sites excluding steroid dienone is 1. The third kappa shape index (κ3) is 3.91. The molecule has 1 rings (SSSR count). The highest BCUT2D eigenvalue weighted by molar-refractivity contribution is 5.95. The number of rotatable bonds is 3. The van der Waals surface area contributed by atoms with Gasteiger partial charge >= 0.3 is 6.36 Å². The molecule has 1 aliphatic rings. The van der Waals surface area contributed by atoms with E-state index in [0.29, 0.717) is 12.0 Å². The molecule has 0 saturated heterocycles. The van der Waals surface area contributed by atoms with E-state index in [-0.39, 0.29) is 12.2 Å². The maximum Gasteiger partial charge on any atom is 0.522 e. The molecule has 0 saturated carbocycles. The first-order valence-electron chi connectivity index (χ1n) is 4.42. The molecule has 0 aromatic heterocycles. The summed E-state index contributed by atoms with van der Waals surface area (Å²) in [6, 6.07) is 0. The first-order chi connectivity index (χ1) is 6.49. The second-order valence-electron chi connectivity index (χ2n) is 3.09. The van der Waals surface area contributed by atoms with Crippen LogP contribution in [0.1, 0.15) is 25.7 Å². The van der Waals surface area contributed by atoms with Gasteiger partial charge in [0.15, 0.2) is 5.78 Å². The molecule has 0 N–H and O–H groups in total. The fourth-order valence-electron chi connectivity index (χ4n) is 1.33. The van der Waals surface area contributed by atoms with Gasteiger partial charge in [0.1, 0.15) is 0 Å². The minimum atomic E-state index is -4.60. The Morgan fingerprint density at radius 3 is 2.71 bits per heavy atom. The van der Waals surface area contributed by atoms with Gasteiger partial charge in [-0.25, -0.2) is 0 Å². The first kappa shape index (κ1) is 11.2. The number of carbonyl (C=O) groups is 1. The van der Waals surface area contributed by atoms with Crippen LogP contribution in [0.5, 0.6) is 0 Å². The predicted octanol–water partition coefficient (Wildman–Crippen LogP) is 2.59. The van der Waals surface area contributed by atoms with Crippen LogP contribution in [0.3, 0.4) is 0 Å². The van der Waals surface area contributed by atoms with E-state index in [1.165, 1.54) is 0 Å². The molecule has 1 aliphatic carbocycles. The summed E-state index contributed by atoms with van der Waals surface area (Å²) in [5.41, 5.74) is 0.473. The highest BCUT2D eigenvalue weighted by Gasteiger charge is 2.29. The summed E-state index contributed by atoms with van der Waals surface area (Å²) in [7, 11) is 0. The van der Waals surface area contributed by atoms with Crippen LogP contribution in [-0.4, -0.2) is 18.8 Å². The summed E-state index contributed by atoms with van der Waals surface area (Å²) in [6.07, 6.45) is -0.838. The second-order valence-corrected chi connectivity index (χ2v) is 3.09. The van der Waals surface area contributed by atoms with E-state index in [0.717, 1.165) is 12.8 Å². The van der Waals surface area contributed by atoms with Crippen molar-refractivity contribution in [2.75, 3.05) is 6.61 Å². The zero-order valence-corrected chi connectivity index (χ0v) is 7.56. The van der Waals surface area contributed by atoms with Gasteiger partial charge < -0.3 is 0 Å². The summed E-state index contributed by atoms with van der Waals surface area (Å²) in [6.45, 7) is -0.471. The predicted molar refractivity (Wildman–Crippen MR) is 43.6 cm³/mol. The van der Waals surface area contributed by atoms with Crippen LogP contribution in [0.25, 0.3) is 0 Å². The lowest BCUT2D eigenvalue weighted by Gasteiger charge is -2.12. The molecular weight excluding hydrogens is 197 g/mol. The third-order valence-corrected chi connectivity index (χ3v) is 1.99. The molecule has 0 aromatic rings. The lowest BCUT2D eigenvalue weighted by Crippen LogP contribution is -2.16. The van der Waals surface area contributed by atoms with Crippen LogP contribution in [0, 0.1) is 0 Å². The van der Waals surface area contributed by atoms with Gasteiger partial charge in [-0.15, -0.1) is 13.2 Å². The highest BCUT2D eigenvalue weighted by atomic mass is 19.4. The monoisotopic (exact) mass is 208 g/mol. The largest absolute Gasteiger partial charge is 0.522 e. The minimum Gasteiger partial charge on any atom is -0.295 e. The van der Waals surface area contributed by atoms with Gasteiger partial charge in [-0.3, -0.25) is 9.53 Å². The van der Waals surface area contributed by atoms with Gasteiger partial charge in [0.2, 0.25) is 0 Å².